The second-order valence-electron chi connectivity index (χ2n) is 3.53. The third-order valence-corrected chi connectivity index (χ3v) is 2.39. The average Bonchev–Trinajstić information content (AvgIpc) is 2.31. The van der Waals surface area contributed by atoms with Crippen molar-refractivity contribution < 1.29 is 5.11 Å². The number of hydrogen-bond donors (Lipinski definition) is 1. The summed E-state index contributed by atoms with van der Waals surface area (Å²) < 4.78 is 0. The van der Waals surface area contributed by atoms with Crippen LogP contribution in [0.3, 0.4) is 0 Å². The molecule has 0 aromatic carbocycles. The highest BCUT2D eigenvalue weighted by molar-refractivity contribution is 5.28. The lowest BCUT2D eigenvalue weighted by Gasteiger charge is -2.22. The summed E-state index contributed by atoms with van der Waals surface area (Å²) in [4.78, 5) is 8.14. The summed E-state index contributed by atoms with van der Waals surface area (Å²) in [5.41, 5.74) is 0.275. The van der Waals surface area contributed by atoms with E-state index < -0.39 is 5.60 Å². The highest BCUT2D eigenvalue weighted by atomic mass is 16.3. The van der Waals surface area contributed by atoms with Gasteiger partial charge in [-0.15, -0.1) is 0 Å². The predicted molar refractivity (Wildman–Crippen MR) is 57.1 cm³/mol. The molecule has 0 saturated carbocycles. The van der Waals surface area contributed by atoms with Gasteiger partial charge in [0.25, 0.3) is 0 Å². The molecule has 2 aromatic heterocycles. The number of rotatable bonds is 2. The van der Waals surface area contributed by atoms with Crippen molar-refractivity contribution in [3.05, 3.63) is 60.2 Å². The minimum atomic E-state index is -1.09. The van der Waals surface area contributed by atoms with E-state index >= 15 is 0 Å². The van der Waals surface area contributed by atoms with Gasteiger partial charge in [0.15, 0.2) is 0 Å². The Morgan fingerprint density at radius 2 is 2.00 bits per heavy atom. The third-order valence-electron chi connectivity index (χ3n) is 2.39. The van der Waals surface area contributed by atoms with Gasteiger partial charge in [-0.2, -0.15) is 0 Å². The standard InChI is InChI=1S/C12H12N2O/c1-12(15,10-5-4-7-13-9-10)11-6-2-3-8-14-11/h2-9,15H,1H3. The first-order valence-electron chi connectivity index (χ1n) is 4.75. The van der Waals surface area contributed by atoms with E-state index in [1.807, 2.05) is 18.2 Å². The van der Waals surface area contributed by atoms with E-state index in [1.165, 1.54) is 0 Å². The molecule has 0 saturated heterocycles. The summed E-state index contributed by atoms with van der Waals surface area (Å²) in [6.07, 6.45) is 4.99. The van der Waals surface area contributed by atoms with Crippen molar-refractivity contribution in [3.8, 4) is 0 Å². The normalized spacial score (nSPS) is 14.5. The van der Waals surface area contributed by atoms with Gasteiger partial charge in [-0.05, 0) is 25.1 Å². The highest BCUT2D eigenvalue weighted by Gasteiger charge is 2.26. The zero-order valence-electron chi connectivity index (χ0n) is 8.46. The molecule has 1 N–H and O–H groups in total. The van der Waals surface area contributed by atoms with Gasteiger partial charge >= 0.3 is 0 Å². The molecule has 0 spiro atoms. The Morgan fingerprint density at radius 1 is 1.13 bits per heavy atom. The molecule has 0 bridgehead atoms. The number of hydrogen-bond acceptors (Lipinski definition) is 3. The third kappa shape index (κ3) is 1.87. The number of nitrogens with zero attached hydrogens (tertiary/aromatic N) is 2. The fourth-order valence-corrected chi connectivity index (χ4v) is 1.45. The number of pyridine rings is 2. The van der Waals surface area contributed by atoms with Gasteiger partial charge in [0.05, 0.1) is 5.69 Å². The molecule has 2 heterocycles. The van der Waals surface area contributed by atoms with Gasteiger partial charge < -0.3 is 5.11 Å². The van der Waals surface area contributed by atoms with Crippen LogP contribution in [0.15, 0.2) is 48.9 Å². The maximum absolute atomic E-state index is 10.4. The van der Waals surface area contributed by atoms with E-state index in [0.717, 1.165) is 5.56 Å². The van der Waals surface area contributed by atoms with Gasteiger partial charge in [-0.1, -0.05) is 12.1 Å². The number of aliphatic hydroxyl groups is 1. The maximum Gasteiger partial charge on any atom is 0.130 e. The number of aromatic nitrogens is 2. The van der Waals surface area contributed by atoms with Crippen LogP contribution in [0.2, 0.25) is 0 Å². The molecule has 1 unspecified atom stereocenters. The first kappa shape index (κ1) is 9.80. The van der Waals surface area contributed by atoms with Crippen molar-refractivity contribution in [2.75, 3.05) is 0 Å². The molecule has 2 aromatic rings. The van der Waals surface area contributed by atoms with Crippen molar-refractivity contribution in [1.29, 1.82) is 0 Å². The van der Waals surface area contributed by atoms with Crippen LogP contribution in [0.25, 0.3) is 0 Å². The Bertz CT molecular complexity index is 384. The molecule has 3 heteroatoms. The molecule has 0 aliphatic rings. The molecule has 0 aliphatic carbocycles. The van der Waals surface area contributed by atoms with E-state index in [9.17, 15) is 5.11 Å². The molecule has 0 fully saturated rings. The van der Waals surface area contributed by atoms with E-state index in [2.05, 4.69) is 9.97 Å². The highest BCUT2D eigenvalue weighted by Crippen LogP contribution is 2.26. The second-order valence-corrected chi connectivity index (χ2v) is 3.53. The Balaban J connectivity index is 2.44. The maximum atomic E-state index is 10.4. The Kier molecular flexibility index (Phi) is 2.47. The van der Waals surface area contributed by atoms with Gasteiger partial charge in [0.1, 0.15) is 5.60 Å². The minimum absolute atomic E-state index is 0.623. The van der Waals surface area contributed by atoms with E-state index in [0.29, 0.717) is 5.69 Å². The molecule has 0 aliphatic heterocycles. The smallest absolute Gasteiger partial charge is 0.130 e. The largest absolute Gasteiger partial charge is 0.379 e. The van der Waals surface area contributed by atoms with Crippen LogP contribution in [-0.2, 0) is 5.60 Å². The fourth-order valence-electron chi connectivity index (χ4n) is 1.45. The monoisotopic (exact) mass is 200 g/mol. The van der Waals surface area contributed by atoms with Crippen molar-refractivity contribution in [2.24, 2.45) is 0 Å². The summed E-state index contributed by atoms with van der Waals surface area (Å²) in [6.45, 7) is 1.71. The van der Waals surface area contributed by atoms with Gasteiger partial charge in [-0.3, -0.25) is 9.97 Å². The van der Waals surface area contributed by atoms with Crippen LogP contribution in [0.1, 0.15) is 18.2 Å². The molecular formula is C12H12N2O. The summed E-state index contributed by atoms with van der Waals surface area (Å²) in [5.74, 6) is 0. The first-order valence-corrected chi connectivity index (χ1v) is 4.75. The lowest BCUT2D eigenvalue weighted by atomic mass is 9.93. The van der Waals surface area contributed by atoms with E-state index in [4.69, 9.17) is 0 Å². The molecule has 76 valence electrons. The van der Waals surface area contributed by atoms with Crippen LogP contribution in [-0.4, -0.2) is 15.1 Å². The van der Waals surface area contributed by atoms with Gasteiger partial charge in [-0.25, -0.2) is 0 Å². The summed E-state index contributed by atoms with van der Waals surface area (Å²) >= 11 is 0. The first-order chi connectivity index (χ1) is 7.21. The zero-order chi connectivity index (χ0) is 10.7. The van der Waals surface area contributed by atoms with Crippen LogP contribution in [0, 0.1) is 0 Å². The molecule has 15 heavy (non-hydrogen) atoms. The molecule has 2 rings (SSSR count). The Hall–Kier alpha value is -1.74. The molecule has 3 nitrogen and oxygen atoms in total. The summed E-state index contributed by atoms with van der Waals surface area (Å²) in [7, 11) is 0. The average molecular weight is 200 g/mol. The SMILES string of the molecule is CC(O)(c1cccnc1)c1ccccn1. The lowest BCUT2D eigenvalue weighted by molar-refractivity contribution is 0.0970. The topological polar surface area (TPSA) is 46.0 Å². The van der Waals surface area contributed by atoms with Crippen LogP contribution >= 0.6 is 0 Å². The minimum Gasteiger partial charge on any atom is -0.379 e. The fraction of sp³-hybridized carbons (Fsp3) is 0.167. The molecule has 0 amide bonds. The van der Waals surface area contributed by atoms with Crippen LogP contribution < -0.4 is 0 Å². The second kappa shape index (κ2) is 3.79. The van der Waals surface area contributed by atoms with E-state index in [-0.39, 0.29) is 0 Å². The van der Waals surface area contributed by atoms with E-state index in [1.54, 1.807) is 37.6 Å². The van der Waals surface area contributed by atoms with Crippen molar-refractivity contribution in [1.82, 2.24) is 9.97 Å². The molecule has 1 atom stereocenters. The van der Waals surface area contributed by atoms with Crippen molar-refractivity contribution in [2.45, 2.75) is 12.5 Å². The van der Waals surface area contributed by atoms with Crippen LogP contribution in [0.4, 0.5) is 0 Å². The lowest BCUT2D eigenvalue weighted by Crippen LogP contribution is -2.24. The van der Waals surface area contributed by atoms with Gasteiger partial charge in [0, 0.05) is 24.2 Å². The quantitative estimate of drug-likeness (QED) is 0.803. The van der Waals surface area contributed by atoms with Crippen LogP contribution in [0.5, 0.6) is 0 Å². The van der Waals surface area contributed by atoms with Crippen molar-refractivity contribution >= 4 is 0 Å². The molecular weight excluding hydrogens is 188 g/mol. The van der Waals surface area contributed by atoms with Crippen molar-refractivity contribution in [3.63, 3.8) is 0 Å². The van der Waals surface area contributed by atoms with Gasteiger partial charge in [0.2, 0.25) is 0 Å². The summed E-state index contributed by atoms with van der Waals surface area (Å²) in [5, 5.41) is 10.4. The Morgan fingerprint density at radius 3 is 2.60 bits per heavy atom. The summed E-state index contributed by atoms with van der Waals surface area (Å²) in [6, 6.07) is 9.11. The Labute approximate surface area is 88.5 Å². The molecule has 0 radical (unpaired) electrons. The predicted octanol–water partition coefficient (Wildman–Crippen LogP) is 1.73. The zero-order valence-corrected chi connectivity index (χ0v) is 8.46.